The maximum absolute atomic E-state index is 12.1. The molecule has 0 unspecified atom stereocenters. The quantitative estimate of drug-likeness (QED) is 0.735. The molecule has 0 radical (unpaired) electrons. The first-order chi connectivity index (χ1) is 11.5. The molecule has 0 aliphatic rings. The molecule has 2 N–H and O–H groups in total. The zero-order valence-corrected chi connectivity index (χ0v) is 16.0. The van der Waals surface area contributed by atoms with E-state index in [4.69, 9.17) is 0 Å². The van der Waals surface area contributed by atoms with E-state index in [0.29, 0.717) is 6.54 Å². The predicted octanol–water partition coefficient (Wildman–Crippen LogP) is 4.93. The van der Waals surface area contributed by atoms with Gasteiger partial charge in [-0.1, -0.05) is 28.1 Å². The van der Waals surface area contributed by atoms with E-state index in [1.807, 2.05) is 43.3 Å². The molecule has 128 valence electrons. The highest BCUT2D eigenvalue weighted by molar-refractivity contribution is 9.10. The van der Waals surface area contributed by atoms with Crippen LogP contribution in [0, 0.1) is 6.92 Å². The monoisotopic (exact) mass is 389 g/mol. The maximum atomic E-state index is 12.1. The number of carbonyl (C=O) groups is 1. The predicted molar refractivity (Wildman–Crippen MR) is 105 cm³/mol. The van der Waals surface area contributed by atoms with Crippen LogP contribution in [0.1, 0.15) is 25.0 Å². The van der Waals surface area contributed by atoms with Crippen LogP contribution in [-0.2, 0) is 6.54 Å². The molecule has 4 nitrogen and oxygen atoms in total. The molecule has 0 fully saturated rings. The molecule has 0 spiro atoms. The molecule has 5 heteroatoms. The minimum Gasteiger partial charge on any atom is -0.372 e. The molecule has 0 bridgehead atoms. The van der Waals surface area contributed by atoms with E-state index in [0.717, 1.165) is 34.4 Å². The van der Waals surface area contributed by atoms with Crippen molar-refractivity contribution < 1.29 is 4.79 Å². The van der Waals surface area contributed by atoms with Gasteiger partial charge in [-0.25, -0.2) is 4.79 Å². The first-order valence-corrected chi connectivity index (χ1v) is 8.97. The van der Waals surface area contributed by atoms with E-state index < -0.39 is 0 Å². The second-order valence-electron chi connectivity index (χ2n) is 5.61. The summed E-state index contributed by atoms with van der Waals surface area (Å²) in [5.41, 5.74) is 4.11. The van der Waals surface area contributed by atoms with Crippen molar-refractivity contribution in [3.05, 3.63) is 58.1 Å². The average Bonchev–Trinajstić information content (AvgIpc) is 2.56. The first kappa shape index (κ1) is 18.3. The lowest BCUT2D eigenvalue weighted by atomic mass is 10.1. The fraction of sp³-hybridized carbons (Fsp3) is 0.316. The van der Waals surface area contributed by atoms with Gasteiger partial charge >= 0.3 is 6.03 Å². The Morgan fingerprint density at radius 3 is 2.50 bits per heavy atom. The summed E-state index contributed by atoms with van der Waals surface area (Å²) in [6, 6.07) is 13.8. The van der Waals surface area contributed by atoms with Crippen LogP contribution in [0.3, 0.4) is 0 Å². The van der Waals surface area contributed by atoms with Gasteiger partial charge in [-0.3, -0.25) is 0 Å². The molecule has 2 amide bonds. The molecule has 0 aliphatic heterocycles. The highest BCUT2D eigenvalue weighted by Gasteiger charge is 2.07. The zero-order chi connectivity index (χ0) is 17.5. The third-order valence-electron chi connectivity index (χ3n) is 3.93. The molecule has 2 aromatic rings. The van der Waals surface area contributed by atoms with Gasteiger partial charge in [0.25, 0.3) is 0 Å². The normalized spacial score (nSPS) is 10.3. The van der Waals surface area contributed by atoms with Crippen LogP contribution in [0.2, 0.25) is 0 Å². The number of halogens is 1. The summed E-state index contributed by atoms with van der Waals surface area (Å²) in [5.74, 6) is 0. The first-order valence-electron chi connectivity index (χ1n) is 8.18. The molecule has 0 heterocycles. The van der Waals surface area contributed by atoms with E-state index in [-0.39, 0.29) is 6.03 Å². The number of rotatable bonds is 6. The Labute approximate surface area is 152 Å². The Bertz CT molecular complexity index is 699. The van der Waals surface area contributed by atoms with E-state index in [1.54, 1.807) is 0 Å². The van der Waals surface area contributed by atoms with Crippen molar-refractivity contribution >= 4 is 33.3 Å². The largest absolute Gasteiger partial charge is 0.372 e. The van der Waals surface area contributed by atoms with Gasteiger partial charge in [0.2, 0.25) is 0 Å². The highest BCUT2D eigenvalue weighted by atomic mass is 79.9. The maximum Gasteiger partial charge on any atom is 0.319 e. The molecular weight excluding hydrogens is 366 g/mol. The van der Waals surface area contributed by atoms with Gasteiger partial charge in [0.1, 0.15) is 0 Å². The number of nitrogens with zero attached hydrogens (tertiary/aromatic N) is 1. The molecule has 2 rings (SSSR count). The molecule has 0 aromatic heterocycles. The van der Waals surface area contributed by atoms with Crippen molar-refractivity contribution in [3.8, 4) is 0 Å². The summed E-state index contributed by atoms with van der Waals surface area (Å²) < 4.78 is 1.00. The van der Waals surface area contributed by atoms with Crippen LogP contribution < -0.4 is 15.5 Å². The van der Waals surface area contributed by atoms with Crippen LogP contribution >= 0.6 is 15.9 Å². The number of benzene rings is 2. The zero-order valence-electron chi connectivity index (χ0n) is 14.4. The minimum absolute atomic E-state index is 0.200. The second kappa shape index (κ2) is 8.73. The van der Waals surface area contributed by atoms with E-state index in [1.165, 1.54) is 5.69 Å². The van der Waals surface area contributed by atoms with Gasteiger partial charge in [0, 0.05) is 35.5 Å². The summed E-state index contributed by atoms with van der Waals surface area (Å²) in [7, 11) is 0. The van der Waals surface area contributed by atoms with Gasteiger partial charge in [-0.05, 0) is 62.2 Å². The summed E-state index contributed by atoms with van der Waals surface area (Å²) in [5, 5.41) is 5.80. The highest BCUT2D eigenvalue weighted by Crippen LogP contribution is 2.22. The summed E-state index contributed by atoms with van der Waals surface area (Å²) in [4.78, 5) is 14.4. The van der Waals surface area contributed by atoms with Crippen LogP contribution in [0.15, 0.2) is 46.9 Å². The molecule has 0 saturated heterocycles. The number of amides is 2. The number of nitrogens with one attached hydrogen (secondary N) is 2. The van der Waals surface area contributed by atoms with Crippen molar-refractivity contribution in [2.45, 2.75) is 27.3 Å². The fourth-order valence-corrected chi connectivity index (χ4v) is 3.02. The molecule has 0 atom stereocenters. The SMILES string of the molecule is CCN(CC)c1ccc(NC(=O)NCc2cccc(Br)c2)c(C)c1. The number of carbonyl (C=O) groups excluding carboxylic acids is 1. The molecule has 24 heavy (non-hydrogen) atoms. The number of aryl methyl sites for hydroxylation is 1. The van der Waals surface area contributed by atoms with Gasteiger partial charge in [0.15, 0.2) is 0 Å². The summed E-state index contributed by atoms with van der Waals surface area (Å²) in [6.07, 6.45) is 0. The van der Waals surface area contributed by atoms with Gasteiger partial charge in [0.05, 0.1) is 0 Å². The number of hydrogen-bond acceptors (Lipinski definition) is 2. The number of urea groups is 1. The number of anilines is 2. The summed E-state index contributed by atoms with van der Waals surface area (Å²) >= 11 is 3.43. The molecule has 2 aromatic carbocycles. The third kappa shape index (κ3) is 4.99. The third-order valence-corrected chi connectivity index (χ3v) is 4.42. The van der Waals surface area contributed by atoms with E-state index in [2.05, 4.69) is 51.4 Å². The summed E-state index contributed by atoms with van der Waals surface area (Å²) in [6.45, 7) is 8.71. The molecule has 0 saturated carbocycles. The lowest BCUT2D eigenvalue weighted by Crippen LogP contribution is -2.28. The topological polar surface area (TPSA) is 44.4 Å². The Morgan fingerprint density at radius 1 is 1.12 bits per heavy atom. The van der Waals surface area contributed by atoms with Crippen LogP contribution in [-0.4, -0.2) is 19.1 Å². The van der Waals surface area contributed by atoms with Gasteiger partial charge < -0.3 is 15.5 Å². The minimum atomic E-state index is -0.200. The Morgan fingerprint density at radius 2 is 1.88 bits per heavy atom. The standard InChI is InChI=1S/C19H24BrN3O/c1-4-23(5-2)17-9-10-18(14(3)11-17)22-19(24)21-13-15-7-6-8-16(20)12-15/h6-12H,4-5,13H2,1-3H3,(H2,21,22,24). The lowest BCUT2D eigenvalue weighted by Gasteiger charge is -2.22. The Balaban J connectivity index is 1.96. The fourth-order valence-electron chi connectivity index (χ4n) is 2.57. The smallest absolute Gasteiger partial charge is 0.319 e. The van der Waals surface area contributed by atoms with E-state index >= 15 is 0 Å². The van der Waals surface area contributed by atoms with E-state index in [9.17, 15) is 4.79 Å². The van der Waals surface area contributed by atoms with Crippen molar-refractivity contribution in [2.24, 2.45) is 0 Å². The second-order valence-corrected chi connectivity index (χ2v) is 6.52. The Hall–Kier alpha value is -2.01. The molecular formula is C19H24BrN3O. The van der Waals surface area contributed by atoms with Crippen LogP contribution in [0.4, 0.5) is 16.2 Å². The average molecular weight is 390 g/mol. The van der Waals surface area contributed by atoms with Crippen molar-refractivity contribution in [1.29, 1.82) is 0 Å². The van der Waals surface area contributed by atoms with Crippen molar-refractivity contribution in [3.63, 3.8) is 0 Å². The van der Waals surface area contributed by atoms with Gasteiger partial charge in [-0.15, -0.1) is 0 Å². The Kier molecular flexibility index (Phi) is 6.67. The van der Waals surface area contributed by atoms with Crippen LogP contribution in [0.5, 0.6) is 0 Å². The lowest BCUT2D eigenvalue weighted by molar-refractivity contribution is 0.251. The van der Waals surface area contributed by atoms with Crippen molar-refractivity contribution in [2.75, 3.05) is 23.3 Å². The molecule has 0 aliphatic carbocycles. The number of hydrogen-bond donors (Lipinski definition) is 2. The van der Waals surface area contributed by atoms with Crippen molar-refractivity contribution in [1.82, 2.24) is 5.32 Å². The van der Waals surface area contributed by atoms with Crippen LogP contribution in [0.25, 0.3) is 0 Å². The van der Waals surface area contributed by atoms with Gasteiger partial charge in [-0.2, -0.15) is 0 Å².